The first-order valence-electron chi connectivity index (χ1n) is 5.43. The number of ether oxygens (including phenoxy) is 1. The maximum Gasteiger partial charge on any atom is 0.120 e. The average Bonchev–Trinajstić information content (AvgIpc) is 2.58. The predicted octanol–water partition coefficient (Wildman–Crippen LogP) is 3.39. The van der Waals surface area contributed by atoms with E-state index in [1.54, 1.807) is 7.11 Å². The summed E-state index contributed by atoms with van der Waals surface area (Å²) >= 11 is 0. The lowest BCUT2D eigenvalue weighted by Crippen LogP contribution is -2.25. The number of hydrogen-bond acceptors (Lipinski definition) is 2. The molecule has 0 aliphatic carbocycles. The van der Waals surface area contributed by atoms with Gasteiger partial charge in [0, 0.05) is 23.2 Å². The molecular weight excluding hydrogens is 200 g/mol. The van der Waals surface area contributed by atoms with Crippen molar-refractivity contribution in [2.24, 2.45) is 0 Å². The predicted molar refractivity (Wildman–Crippen MR) is 68.2 cm³/mol. The smallest absolute Gasteiger partial charge is 0.120 e. The van der Waals surface area contributed by atoms with E-state index in [0.29, 0.717) is 0 Å². The molecule has 1 aromatic heterocycles. The lowest BCUT2D eigenvalue weighted by molar-refractivity contribution is 0.415. The number of nitrogens with one attached hydrogen (secondary N) is 2. The van der Waals surface area contributed by atoms with Gasteiger partial charge in [0.1, 0.15) is 5.75 Å². The van der Waals surface area contributed by atoms with Crippen molar-refractivity contribution < 1.29 is 4.74 Å². The number of methoxy groups -OCH3 is 1. The average molecular weight is 218 g/mol. The maximum atomic E-state index is 5.19. The van der Waals surface area contributed by atoms with E-state index in [1.807, 2.05) is 18.3 Å². The Morgan fingerprint density at radius 2 is 2.00 bits per heavy atom. The van der Waals surface area contributed by atoms with Crippen LogP contribution in [0.1, 0.15) is 20.8 Å². The summed E-state index contributed by atoms with van der Waals surface area (Å²) in [5, 5.41) is 4.66. The largest absolute Gasteiger partial charge is 0.497 e. The van der Waals surface area contributed by atoms with Gasteiger partial charge >= 0.3 is 0 Å². The zero-order valence-electron chi connectivity index (χ0n) is 10.2. The Morgan fingerprint density at radius 1 is 1.25 bits per heavy atom. The van der Waals surface area contributed by atoms with Crippen molar-refractivity contribution in [3.8, 4) is 5.75 Å². The van der Waals surface area contributed by atoms with E-state index < -0.39 is 0 Å². The second-order valence-electron chi connectivity index (χ2n) is 4.99. The highest BCUT2D eigenvalue weighted by atomic mass is 16.5. The Morgan fingerprint density at radius 3 is 2.62 bits per heavy atom. The number of anilines is 1. The third kappa shape index (κ3) is 2.13. The van der Waals surface area contributed by atoms with Gasteiger partial charge in [0.15, 0.2) is 0 Å². The fraction of sp³-hybridized carbons (Fsp3) is 0.385. The zero-order chi connectivity index (χ0) is 11.8. The van der Waals surface area contributed by atoms with Gasteiger partial charge in [-0.2, -0.15) is 0 Å². The monoisotopic (exact) mass is 218 g/mol. The molecule has 0 bridgehead atoms. The van der Waals surface area contributed by atoms with Gasteiger partial charge in [-0.25, -0.2) is 0 Å². The lowest BCUT2D eigenvalue weighted by Gasteiger charge is -2.21. The fourth-order valence-electron chi connectivity index (χ4n) is 1.74. The van der Waals surface area contributed by atoms with Crippen molar-refractivity contribution in [1.29, 1.82) is 0 Å². The van der Waals surface area contributed by atoms with Crippen molar-refractivity contribution in [2.75, 3.05) is 12.4 Å². The molecule has 0 aliphatic rings. The van der Waals surface area contributed by atoms with Crippen LogP contribution in [0.5, 0.6) is 5.75 Å². The standard InChI is InChI=1S/C13H18N2O/c1-13(2,3)15-12-8-14-11-7-9(16-4)5-6-10(11)12/h5-8,14-15H,1-4H3. The molecule has 0 aliphatic heterocycles. The summed E-state index contributed by atoms with van der Waals surface area (Å²) in [6.07, 6.45) is 2.00. The molecule has 3 heteroatoms. The Kier molecular flexibility index (Phi) is 2.54. The normalized spacial score (nSPS) is 11.8. The summed E-state index contributed by atoms with van der Waals surface area (Å²) in [4.78, 5) is 3.24. The number of aromatic nitrogens is 1. The number of rotatable bonds is 2. The van der Waals surface area contributed by atoms with Crippen molar-refractivity contribution >= 4 is 16.6 Å². The molecule has 0 amide bonds. The maximum absolute atomic E-state index is 5.19. The number of aromatic amines is 1. The van der Waals surface area contributed by atoms with Crippen molar-refractivity contribution in [3.05, 3.63) is 24.4 Å². The Balaban J connectivity index is 2.42. The Bertz CT molecular complexity index is 494. The van der Waals surface area contributed by atoms with Gasteiger partial charge in [-0.05, 0) is 32.9 Å². The van der Waals surface area contributed by atoms with Gasteiger partial charge in [-0.15, -0.1) is 0 Å². The molecule has 3 nitrogen and oxygen atoms in total. The highest BCUT2D eigenvalue weighted by Crippen LogP contribution is 2.28. The summed E-state index contributed by atoms with van der Waals surface area (Å²) in [5.41, 5.74) is 2.28. The van der Waals surface area contributed by atoms with Crippen LogP contribution in [0, 0.1) is 0 Å². The third-order valence-electron chi connectivity index (χ3n) is 2.40. The number of H-pyrrole nitrogens is 1. The SMILES string of the molecule is COc1ccc2c(NC(C)(C)C)c[nH]c2c1. The van der Waals surface area contributed by atoms with E-state index >= 15 is 0 Å². The summed E-state index contributed by atoms with van der Waals surface area (Å²) in [7, 11) is 1.68. The molecule has 16 heavy (non-hydrogen) atoms. The van der Waals surface area contributed by atoms with Crippen LogP contribution in [0.25, 0.3) is 10.9 Å². The summed E-state index contributed by atoms with van der Waals surface area (Å²) in [5.74, 6) is 0.872. The van der Waals surface area contributed by atoms with Crippen LogP contribution in [0.2, 0.25) is 0 Å². The van der Waals surface area contributed by atoms with Crippen LogP contribution >= 0.6 is 0 Å². The van der Waals surface area contributed by atoms with E-state index in [1.165, 1.54) is 5.39 Å². The molecule has 0 radical (unpaired) electrons. The van der Waals surface area contributed by atoms with Gasteiger partial charge in [-0.1, -0.05) is 0 Å². The molecule has 0 saturated heterocycles. The highest BCUT2D eigenvalue weighted by molar-refractivity contribution is 5.93. The van der Waals surface area contributed by atoms with Gasteiger partial charge in [-0.3, -0.25) is 0 Å². The first-order chi connectivity index (χ1) is 7.49. The molecule has 86 valence electrons. The molecule has 1 aromatic carbocycles. The minimum Gasteiger partial charge on any atom is -0.497 e. The van der Waals surface area contributed by atoms with Crippen LogP contribution in [0.4, 0.5) is 5.69 Å². The van der Waals surface area contributed by atoms with Crippen LogP contribution in [0.15, 0.2) is 24.4 Å². The van der Waals surface area contributed by atoms with Crippen molar-refractivity contribution in [1.82, 2.24) is 4.98 Å². The van der Waals surface area contributed by atoms with E-state index in [0.717, 1.165) is 17.0 Å². The quantitative estimate of drug-likeness (QED) is 0.810. The molecule has 0 spiro atoms. The van der Waals surface area contributed by atoms with Crippen LogP contribution < -0.4 is 10.1 Å². The molecule has 0 saturated carbocycles. The molecule has 0 atom stereocenters. The van der Waals surface area contributed by atoms with Crippen molar-refractivity contribution in [3.63, 3.8) is 0 Å². The summed E-state index contributed by atoms with van der Waals surface area (Å²) in [6, 6.07) is 6.05. The van der Waals surface area contributed by atoms with E-state index in [-0.39, 0.29) is 5.54 Å². The van der Waals surface area contributed by atoms with Gasteiger partial charge in [0.25, 0.3) is 0 Å². The molecule has 1 heterocycles. The fourth-order valence-corrected chi connectivity index (χ4v) is 1.74. The zero-order valence-corrected chi connectivity index (χ0v) is 10.2. The van der Waals surface area contributed by atoms with Gasteiger partial charge < -0.3 is 15.0 Å². The van der Waals surface area contributed by atoms with Crippen LogP contribution in [0.3, 0.4) is 0 Å². The second kappa shape index (κ2) is 3.74. The number of benzene rings is 1. The molecular formula is C13H18N2O. The number of fused-ring (bicyclic) bond motifs is 1. The molecule has 2 aromatic rings. The minimum absolute atomic E-state index is 0.0645. The number of hydrogen-bond donors (Lipinski definition) is 2. The van der Waals surface area contributed by atoms with Gasteiger partial charge in [0.05, 0.1) is 18.3 Å². The highest BCUT2D eigenvalue weighted by Gasteiger charge is 2.12. The van der Waals surface area contributed by atoms with Gasteiger partial charge in [0.2, 0.25) is 0 Å². The first-order valence-corrected chi connectivity index (χ1v) is 5.43. The van der Waals surface area contributed by atoms with E-state index in [2.05, 4.69) is 37.1 Å². The third-order valence-corrected chi connectivity index (χ3v) is 2.40. The van der Waals surface area contributed by atoms with E-state index in [4.69, 9.17) is 4.74 Å². The molecule has 0 unspecified atom stereocenters. The minimum atomic E-state index is 0.0645. The Labute approximate surface area is 95.8 Å². The lowest BCUT2D eigenvalue weighted by atomic mass is 10.1. The topological polar surface area (TPSA) is 37.0 Å². The second-order valence-corrected chi connectivity index (χ2v) is 4.99. The summed E-state index contributed by atoms with van der Waals surface area (Å²) < 4.78 is 5.19. The van der Waals surface area contributed by atoms with E-state index in [9.17, 15) is 0 Å². The first kappa shape index (κ1) is 10.9. The molecule has 0 fully saturated rings. The van der Waals surface area contributed by atoms with Crippen molar-refractivity contribution in [2.45, 2.75) is 26.3 Å². The van der Waals surface area contributed by atoms with Crippen LogP contribution in [-0.2, 0) is 0 Å². The Hall–Kier alpha value is -1.64. The molecule has 2 rings (SSSR count). The van der Waals surface area contributed by atoms with Crippen LogP contribution in [-0.4, -0.2) is 17.6 Å². The molecule has 2 N–H and O–H groups in total. The summed E-state index contributed by atoms with van der Waals surface area (Å²) in [6.45, 7) is 6.44.